The van der Waals surface area contributed by atoms with Crippen molar-refractivity contribution in [3.05, 3.63) is 76.2 Å². The number of halogens is 2. The fourth-order valence-corrected chi connectivity index (χ4v) is 3.33. The van der Waals surface area contributed by atoms with Crippen LogP contribution in [0.2, 0.25) is 5.02 Å². The van der Waals surface area contributed by atoms with Gasteiger partial charge in [-0.2, -0.15) is 5.10 Å². The molecule has 0 aliphatic rings. The molecular weight excluding hydrogens is 395 g/mol. The minimum Gasteiger partial charge on any atom is -0.370 e. The average Bonchev–Trinajstić information content (AvgIpc) is 3.11. The van der Waals surface area contributed by atoms with E-state index < -0.39 is 23.7 Å². The van der Waals surface area contributed by atoms with Gasteiger partial charge in [-0.1, -0.05) is 42.8 Å². The molecular formula is C21H20ClFN4O2. The maximum atomic E-state index is 14.3. The van der Waals surface area contributed by atoms with E-state index in [0.29, 0.717) is 22.7 Å². The van der Waals surface area contributed by atoms with Crippen molar-refractivity contribution >= 4 is 23.4 Å². The number of nitrogens with one attached hydrogen (secondary N) is 2. The number of aryl methyl sites for hydroxylation is 1. The van der Waals surface area contributed by atoms with Gasteiger partial charge >= 0.3 is 0 Å². The van der Waals surface area contributed by atoms with Gasteiger partial charge in [0.15, 0.2) is 0 Å². The van der Waals surface area contributed by atoms with Crippen molar-refractivity contribution in [3.63, 3.8) is 0 Å². The van der Waals surface area contributed by atoms with Crippen LogP contribution < -0.4 is 11.1 Å². The Morgan fingerprint density at radius 1 is 1.24 bits per heavy atom. The summed E-state index contributed by atoms with van der Waals surface area (Å²) in [5.41, 5.74) is 7.22. The Hall–Kier alpha value is -3.19. The summed E-state index contributed by atoms with van der Waals surface area (Å²) in [5, 5.41) is 10.2. The summed E-state index contributed by atoms with van der Waals surface area (Å²) >= 11 is 6.05. The normalized spacial score (nSPS) is 11.8. The number of hydrogen-bond donors (Lipinski definition) is 3. The number of amides is 2. The fourth-order valence-electron chi connectivity index (χ4n) is 3.13. The lowest BCUT2D eigenvalue weighted by Gasteiger charge is -2.19. The Bertz CT molecular complexity index is 1050. The lowest BCUT2D eigenvalue weighted by Crippen LogP contribution is -2.32. The number of nitrogens with zero attached hydrogens (tertiary/aromatic N) is 1. The summed E-state index contributed by atoms with van der Waals surface area (Å²) in [6.45, 7) is 1.85. The Kier molecular flexibility index (Phi) is 6.29. The molecule has 0 saturated carbocycles. The van der Waals surface area contributed by atoms with Crippen molar-refractivity contribution in [1.29, 1.82) is 0 Å². The second-order valence-corrected chi connectivity index (χ2v) is 6.95. The highest BCUT2D eigenvalue weighted by molar-refractivity contribution is 6.30. The third-order valence-corrected chi connectivity index (χ3v) is 4.75. The number of carbonyl (C=O) groups excluding carboxylic acids is 2. The maximum Gasteiger partial charge on any atom is 0.255 e. The minimum absolute atomic E-state index is 0.111. The van der Waals surface area contributed by atoms with Gasteiger partial charge in [0.25, 0.3) is 5.91 Å². The second-order valence-electron chi connectivity index (χ2n) is 6.51. The maximum absolute atomic E-state index is 14.3. The van der Waals surface area contributed by atoms with Gasteiger partial charge in [-0.15, -0.1) is 0 Å². The first-order valence-electron chi connectivity index (χ1n) is 9.07. The number of aromatic nitrogens is 2. The van der Waals surface area contributed by atoms with Crippen LogP contribution in [0.1, 0.15) is 41.0 Å². The Morgan fingerprint density at radius 3 is 2.66 bits per heavy atom. The highest BCUT2D eigenvalue weighted by atomic mass is 35.5. The standard InChI is InChI=1S/C21H20ClFN4O2/c1-2-16-19(20(27-26-16)14-8-3-4-9-15(14)23)21(29)25-17(11-18(24)28)12-6-5-7-13(22)10-12/h3-10,17H,2,11H2,1H3,(H2,24,28)(H,25,29)(H,26,27). The number of aromatic amines is 1. The smallest absolute Gasteiger partial charge is 0.255 e. The minimum atomic E-state index is -0.688. The number of rotatable bonds is 7. The molecule has 1 unspecified atom stereocenters. The third-order valence-electron chi connectivity index (χ3n) is 4.51. The van der Waals surface area contributed by atoms with Gasteiger partial charge in [0, 0.05) is 16.3 Å². The van der Waals surface area contributed by atoms with Crippen molar-refractivity contribution in [2.45, 2.75) is 25.8 Å². The molecule has 1 atom stereocenters. The molecule has 3 aromatic rings. The van der Waals surface area contributed by atoms with Gasteiger partial charge in [0.05, 0.1) is 18.0 Å². The predicted octanol–water partition coefficient (Wildman–Crippen LogP) is 3.78. The van der Waals surface area contributed by atoms with E-state index >= 15 is 0 Å². The van der Waals surface area contributed by atoms with Gasteiger partial charge < -0.3 is 11.1 Å². The fraction of sp³-hybridized carbons (Fsp3) is 0.190. The van der Waals surface area contributed by atoms with E-state index in [-0.39, 0.29) is 23.2 Å². The molecule has 8 heteroatoms. The zero-order valence-electron chi connectivity index (χ0n) is 15.7. The van der Waals surface area contributed by atoms with Gasteiger partial charge in [-0.25, -0.2) is 4.39 Å². The molecule has 150 valence electrons. The van der Waals surface area contributed by atoms with Crippen molar-refractivity contribution in [2.75, 3.05) is 0 Å². The summed E-state index contributed by atoms with van der Waals surface area (Å²) in [7, 11) is 0. The Labute approximate surface area is 172 Å². The van der Waals surface area contributed by atoms with Crippen molar-refractivity contribution in [1.82, 2.24) is 15.5 Å². The molecule has 2 amide bonds. The van der Waals surface area contributed by atoms with Crippen molar-refractivity contribution < 1.29 is 14.0 Å². The van der Waals surface area contributed by atoms with E-state index in [4.69, 9.17) is 17.3 Å². The number of benzene rings is 2. The molecule has 2 aromatic carbocycles. The molecule has 29 heavy (non-hydrogen) atoms. The largest absolute Gasteiger partial charge is 0.370 e. The molecule has 4 N–H and O–H groups in total. The zero-order valence-corrected chi connectivity index (χ0v) is 16.5. The molecule has 3 rings (SSSR count). The molecule has 0 aliphatic heterocycles. The third kappa shape index (κ3) is 4.63. The highest BCUT2D eigenvalue weighted by Gasteiger charge is 2.25. The Morgan fingerprint density at radius 2 is 2.00 bits per heavy atom. The summed E-state index contributed by atoms with van der Waals surface area (Å²) in [5.74, 6) is -1.55. The molecule has 0 bridgehead atoms. The van der Waals surface area contributed by atoms with Crippen molar-refractivity contribution in [3.8, 4) is 11.3 Å². The molecule has 1 heterocycles. The SMILES string of the molecule is CCc1[nH]nc(-c2ccccc2F)c1C(=O)NC(CC(N)=O)c1cccc(Cl)c1. The molecule has 0 fully saturated rings. The first kappa shape index (κ1) is 20.5. The van der Waals surface area contributed by atoms with E-state index in [1.165, 1.54) is 6.07 Å². The van der Waals surface area contributed by atoms with E-state index in [1.54, 1.807) is 42.5 Å². The molecule has 6 nitrogen and oxygen atoms in total. The van der Waals surface area contributed by atoms with Gasteiger partial charge in [-0.3, -0.25) is 14.7 Å². The van der Waals surface area contributed by atoms with Gasteiger partial charge in [-0.05, 0) is 36.2 Å². The van der Waals surface area contributed by atoms with E-state index in [1.807, 2.05) is 6.92 Å². The topological polar surface area (TPSA) is 101 Å². The average molecular weight is 415 g/mol. The van der Waals surface area contributed by atoms with Crippen LogP contribution in [-0.2, 0) is 11.2 Å². The van der Waals surface area contributed by atoms with Gasteiger partial charge in [0.1, 0.15) is 11.5 Å². The predicted molar refractivity (Wildman–Crippen MR) is 109 cm³/mol. The molecule has 0 aliphatic carbocycles. The summed E-state index contributed by atoms with van der Waals surface area (Å²) < 4.78 is 14.3. The van der Waals surface area contributed by atoms with Crippen LogP contribution in [0.5, 0.6) is 0 Å². The monoisotopic (exact) mass is 414 g/mol. The lowest BCUT2D eigenvalue weighted by molar-refractivity contribution is -0.118. The number of carbonyl (C=O) groups is 2. The van der Waals surface area contributed by atoms with Crippen LogP contribution >= 0.6 is 11.6 Å². The summed E-state index contributed by atoms with van der Waals surface area (Å²) in [6, 6.07) is 12.2. The zero-order chi connectivity index (χ0) is 21.0. The van der Waals surface area contributed by atoms with Crippen LogP contribution in [-0.4, -0.2) is 22.0 Å². The number of nitrogens with two attached hydrogens (primary N) is 1. The van der Waals surface area contributed by atoms with Crippen LogP contribution in [0, 0.1) is 5.82 Å². The van der Waals surface area contributed by atoms with Gasteiger partial charge in [0.2, 0.25) is 5.91 Å². The highest BCUT2D eigenvalue weighted by Crippen LogP contribution is 2.28. The van der Waals surface area contributed by atoms with E-state index in [9.17, 15) is 14.0 Å². The molecule has 0 spiro atoms. The van der Waals surface area contributed by atoms with Crippen molar-refractivity contribution in [2.24, 2.45) is 5.73 Å². The molecule has 1 aromatic heterocycles. The quantitative estimate of drug-likeness (QED) is 0.548. The molecule has 0 radical (unpaired) electrons. The van der Waals surface area contributed by atoms with E-state index in [0.717, 1.165) is 0 Å². The van der Waals surface area contributed by atoms with Crippen LogP contribution in [0.15, 0.2) is 48.5 Å². The molecule has 0 saturated heterocycles. The second kappa shape index (κ2) is 8.87. The number of primary amides is 1. The Balaban J connectivity index is 1.99. The number of H-pyrrole nitrogens is 1. The lowest BCUT2D eigenvalue weighted by atomic mass is 10.0. The summed E-state index contributed by atoms with van der Waals surface area (Å²) in [4.78, 5) is 24.7. The summed E-state index contributed by atoms with van der Waals surface area (Å²) in [6.07, 6.45) is 0.377. The van der Waals surface area contributed by atoms with E-state index in [2.05, 4.69) is 15.5 Å². The van der Waals surface area contributed by atoms with Crippen LogP contribution in [0.25, 0.3) is 11.3 Å². The first-order chi connectivity index (χ1) is 13.9. The van der Waals surface area contributed by atoms with Crippen LogP contribution in [0.4, 0.5) is 4.39 Å². The van der Waals surface area contributed by atoms with Crippen LogP contribution in [0.3, 0.4) is 0 Å². The first-order valence-corrected chi connectivity index (χ1v) is 9.45. The number of hydrogen-bond acceptors (Lipinski definition) is 3.